The highest BCUT2D eigenvalue weighted by Gasteiger charge is 2.24. The molecule has 0 spiro atoms. The van der Waals surface area contributed by atoms with Gasteiger partial charge in [-0.2, -0.15) is 0 Å². The fraction of sp³-hybridized carbons (Fsp3) is 0.241. The summed E-state index contributed by atoms with van der Waals surface area (Å²) < 4.78 is 5.35. The smallest absolute Gasteiger partial charge is 0.338 e. The first-order chi connectivity index (χ1) is 17.4. The molecule has 0 fully saturated rings. The third-order valence-electron chi connectivity index (χ3n) is 6.17. The molecule has 1 aliphatic rings. The molecular formula is C29H28ClN3O2S. The van der Waals surface area contributed by atoms with Gasteiger partial charge in [-0.25, -0.2) is 9.78 Å². The van der Waals surface area contributed by atoms with Crippen LogP contribution in [0.15, 0.2) is 76.5 Å². The van der Waals surface area contributed by atoms with Crippen LogP contribution in [0.25, 0.3) is 22.2 Å². The van der Waals surface area contributed by atoms with Gasteiger partial charge < -0.3 is 14.5 Å². The molecule has 0 saturated heterocycles. The number of anilines is 2. The lowest BCUT2D eigenvalue weighted by Crippen LogP contribution is -2.25. The lowest BCUT2D eigenvalue weighted by Gasteiger charge is -2.33. The molecule has 0 atom stereocenters. The Bertz CT molecular complexity index is 1440. The van der Waals surface area contributed by atoms with Crippen molar-refractivity contribution >= 4 is 51.6 Å². The molecule has 0 unspecified atom stereocenters. The summed E-state index contributed by atoms with van der Waals surface area (Å²) >= 11 is 8.02. The molecule has 0 saturated carbocycles. The van der Waals surface area contributed by atoms with Crippen LogP contribution < -0.4 is 4.90 Å². The van der Waals surface area contributed by atoms with E-state index in [1.807, 2.05) is 12.1 Å². The van der Waals surface area contributed by atoms with Crippen LogP contribution in [-0.2, 0) is 4.74 Å². The third kappa shape index (κ3) is 4.94. The standard InChI is InChI=1S/C29H28ClN3O2S/c1-4-35-29(34)22-18-24(31-23-12-11-20(30)17-21(22)23)19-10-13-28-26(16-19)33(15-7-14-32(2)3)25-8-5-6-9-27(25)36-28/h5-6,8-13,16-18H,4,7,14-15H2,1-3H3. The topological polar surface area (TPSA) is 45.7 Å². The van der Waals surface area contributed by atoms with E-state index in [1.54, 1.807) is 30.8 Å². The number of rotatable bonds is 7. The van der Waals surface area contributed by atoms with Gasteiger partial charge in [-0.15, -0.1) is 0 Å². The van der Waals surface area contributed by atoms with Crippen molar-refractivity contribution in [1.29, 1.82) is 0 Å². The Morgan fingerprint density at radius 2 is 1.83 bits per heavy atom. The molecule has 36 heavy (non-hydrogen) atoms. The number of aromatic nitrogens is 1. The highest BCUT2D eigenvalue weighted by Crippen LogP contribution is 2.49. The Labute approximate surface area is 221 Å². The number of esters is 1. The van der Waals surface area contributed by atoms with Gasteiger partial charge in [0.15, 0.2) is 0 Å². The number of benzene rings is 3. The van der Waals surface area contributed by atoms with Crippen molar-refractivity contribution in [2.75, 3.05) is 38.7 Å². The van der Waals surface area contributed by atoms with E-state index in [9.17, 15) is 4.79 Å². The number of halogens is 1. The molecule has 0 radical (unpaired) electrons. The second-order valence-corrected chi connectivity index (χ2v) is 10.5. The van der Waals surface area contributed by atoms with Gasteiger partial charge in [0.05, 0.1) is 34.8 Å². The SMILES string of the molecule is CCOC(=O)c1cc(-c2ccc3c(c2)N(CCCN(C)C)c2ccccc2S3)nc2ccc(Cl)cc12. The molecule has 1 aliphatic heterocycles. The molecule has 184 valence electrons. The van der Waals surface area contributed by atoms with Crippen molar-refractivity contribution in [2.24, 2.45) is 0 Å². The Hall–Kier alpha value is -3.06. The molecule has 0 bridgehead atoms. The first-order valence-corrected chi connectivity index (χ1v) is 13.2. The van der Waals surface area contributed by atoms with E-state index in [4.69, 9.17) is 21.3 Å². The molecular weight excluding hydrogens is 490 g/mol. The Morgan fingerprint density at radius 3 is 2.64 bits per heavy atom. The molecule has 2 heterocycles. The third-order valence-corrected chi connectivity index (χ3v) is 7.54. The lowest BCUT2D eigenvalue weighted by molar-refractivity contribution is 0.0528. The van der Waals surface area contributed by atoms with Crippen LogP contribution in [-0.4, -0.2) is 49.6 Å². The van der Waals surface area contributed by atoms with Gasteiger partial charge in [-0.05, 0) is 82.5 Å². The lowest BCUT2D eigenvalue weighted by atomic mass is 10.0. The Balaban J connectivity index is 1.60. The summed E-state index contributed by atoms with van der Waals surface area (Å²) in [4.78, 5) is 24.8. The summed E-state index contributed by atoms with van der Waals surface area (Å²) in [7, 11) is 4.21. The maximum Gasteiger partial charge on any atom is 0.338 e. The fourth-order valence-electron chi connectivity index (χ4n) is 4.50. The number of hydrogen-bond acceptors (Lipinski definition) is 6. The number of para-hydroxylation sites is 1. The van der Waals surface area contributed by atoms with E-state index >= 15 is 0 Å². The van der Waals surface area contributed by atoms with Crippen molar-refractivity contribution in [3.63, 3.8) is 0 Å². The molecule has 0 amide bonds. The normalized spacial score (nSPS) is 12.5. The van der Waals surface area contributed by atoms with E-state index in [-0.39, 0.29) is 5.97 Å². The summed E-state index contributed by atoms with van der Waals surface area (Å²) in [5, 5.41) is 1.25. The summed E-state index contributed by atoms with van der Waals surface area (Å²) in [6.45, 7) is 4.03. The number of pyridine rings is 1. The van der Waals surface area contributed by atoms with E-state index in [2.05, 4.69) is 66.4 Å². The number of ether oxygens (including phenoxy) is 1. The average molecular weight is 518 g/mol. The number of carbonyl (C=O) groups excluding carboxylic acids is 1. The minimum Gasteiger partial charge on any atom is -0.462 e. The zero-order valence-electron chi connectivity index (χ0n) is 20.6. The quantitative estimate of drug-likeness (QED) is 0.240. The van der Waals surface area contributed by atoms with Crippen molar-refractivity contribution in [3.8, 4) is 11.3 Å². The van der Waals surface area contributed by atoms with Crippen LogP contribution in [0, 0.1) is 0 Å². The van der Waals surface area contributed by atoms with E-state index in [0.29, 0.717) is 28.1 Å². The summed E-state index contributed by atoms with van der Waals surface area (Å²) in [5.41, 5.74) is 5.24. The van der Waals surface area contributed by atoms with Gasteiger partial charge in [0.2, 0.25) is 0 Å². The molecule has 5 rings (SSSR count). The van der Waals surface area contributed by atoms with Gasteiger partial charge >= 0.3 is 5.97 Å². The van der Waals surface area contributed by atoms with Crippen LogP contribution in [0.5, 0.6) is 0 Å². The van der Waals surface area contributed by atoms with Crippen LogP contribution in [0.2, 0.25) is 5.02 Å². The van der Waals surface area contributed by atoms with Crippen LogP contribution in [0.1, 0.15) is 23.7 Å². The van der Waals surface area contributed by atoms with Crippen LogP contribution >= 0.6 is 23.4 Å². The zero-order valence-corrected chi connectivity index (χ0v) is 22.2. The number of fused-ring (bicyclic) bond motifs is 3. The second kappa shape index (κ2) is 10.5. The Morgan fingerprint density at radius 1 is 1.03 bits per heavy atom. The summed E-state index contributed by atoms with van der Waals surface area (Å²) in [6, 6.07) is 22.2. The van der Waals surface area contributed by atoms with Gasteiger partial charge in [-0.3, -0.25) is 0 Å². The monoisotopic (exact) mass is 517 g/mol. The second-order valence-electron chi connectivity index (χ2n) is 9.00. The molecule has 0 N–H and O–H groups in total. The first-order valence-electron chi connectivity index (χ1n) is 12.1. The average Bonchev–Trinajstić information content (AvgIpc) is 2.87. The largest absolute Gasteiger partial charge is 0.462 e. The maximum absolute atomic E-state index is 12.8. The van der Waals surface area contributed by atoms with Crippen molar-refractivity contribution in [2.45, 2.75) is 23.1 Å². The van der Waals surface area contributed by atoms with Gasteiger partial charge in [0.1, 0.15) is 0 Å². The van der Waals surface area contributed by atoms with Gasteiger partial charge in [-0.1, -0.05) is 41.6 Å². The van der Waals surface area contributed by atoms with Crippen LogP contribution in [0.4, 0.5) is 11.4 Å². The summed E-state index contributed by atoms with van der Waals surface area (Å²) in [5.74, 6) is -0.374. The first kappa shape index (κ1) is 24.6. The number of nitrogens with zero attached hydrogens (tertiary/aromatic N) is 3. The van der Waals surface area contributed by atoms with Crippen molar-refractivity contribution in [1.82, 2.24) is 9.88 Å². The molecule has 1 aromatic heterocycles. The van der Waals surface area contributed by atoms with E-state index < -0.39 is 0 Å². The number of hydrogen-bond donors (Lipinski definition) is 0. The molecule has 4 aromatic rings. The van der Waals surface area contributed by atoms with E-state index in [1.165, 1.54) is 15.5 Å². The van der Waals surface area contributed by atoms with Gasteiger partial charge in [0.25, 0.3) is 0 Å². The summed E-state index contributed by atoms with van der Waals surface area (Å²) in [6.07, 6.45) is 1.04. The molecule has 7 heteroatoms. The van der Waals surface area contributed by atoms with Crippen molar-refractivity contribution in [3.05, 3.63) is 77.3 Å². The molecule has 5 nitrogen and oxygen atoms in total. The van der Waals surface area contributed by atoms with E-state index in [0.717, 1.165) is 36.5 Å². The number of carbonyl (C=O) groups is 1. The predicted octanol–water partition coefficient (Wildman–Crippen LogP) is 7.29. The maximum atomic E-state index is 12.8. The highest BCUT2D eigenvalue weighted by molar-refractivity contribution is 7.99. The Kier molecular flexibility index (Phi) is 7.19. The minimum absolute atomic E-state index is 0.302. The predicted molar refractivity (Wildman–Crippen MR) is 149 cm³/mol. The van der Waals surface area contributed by atoms with Crippen LogP contribution in [0.3, 0.4) is 0 Å². The van der Waals surface area contributed by atoms with Gasteiger partial charge in [0, 0.05) is 32.3 Å². The molecule has 0 aliphatic carbocycles. The zero-order chi connectivity index (χ0) is 25.2. The molecule has 3 aromatic carbocycles. The van der Waals surface area contributed by atoms with Crippen molar-refractivity contribution < 1.29 is 9.53 Å². The fourth-order valence-corrected chi connectivity index (χ4v) is 5.75. The minimum atomic E-state index is -0.374. The highest BCUT2D eigenvalue weighted by atomic mass is 35.5.